The van der Waals surface area contributed by atoms with E-state index >= 15 is 0 Å². The van der Waals surface area contributed by atoms with Crippen LogP contribution in [-0.4, -0.2) is 93.9 Å². The van der Waals surface area contributed by atoms with E-state index in [0.29, 0.717) is 0 Å². The van der Waals surface area contributed by atoms with Crippen molar-refractivity contribution in [2.45, 2.75) is 47.8 Å². The molecule has 0 aromatic rings. The summed E-state index contributed by atoms with van der Waals surface area (Å²) in [6.07, 6.45) is -2.86. The second-order valence-electron chi connectivity index (χ2n) is 8.84. The molecule has 40 heteroatoms. The largest absolute Gasteiger partial charge is 1.00 e. The zero-order valence-corrected chi connectivity index (χ0v) is 53.1. The van der Waals surface area contributed by atoms with Gasteiger partial charge in [-0.25, -0.2) is 0 Å². The minimum atomic E-state index is -6.81. The molecule has 26 nitrogen and oxygen atoms in total. The minimum Gasteiger partial charge on any atom is -0.809 e. The van der Waals surface area contributed by atoms with E-state index in [-0.39, 0.29) is 308 Å². The molecule has 0 rings (SSSR count). The van der Waals surface area contributed by atoms with E-state index in [4.69, 9.17) is 0 Å². The van der Waals surface area contributed by atoms with E-state index in [1.165, 1.54) is 0 Å². The third kappa shape index (κ3) is 28.1. The summed E-state index contributed by atoms with van der Waals surface area (Å²) < 4.78 is 93.4. The fourth-order valence-corrected chi connectivity index (χ4v) is 15.8. The number of nitrogens with zero attached hydrogens (tertiary/aromatic N) is 2. The molecule has 0 aromatic heterocycles. The molecule has 0 heterocycles. The van der Waals surface area contributed by atoms with Gasteiger partial charge in [0.05, 0.1) is 5.52 Å². The summed E-state index contributed by atoms with van der Waals surface area (Å²) in [5, 5.41) is 0. The van der Waals surface area contributed by atoms with E-state index in [0.717, 1.165) is 0 Å². The van der Waals surface area contributed by atoms with Crippen molar-refractivity contribution < 1.29 is 423 Å². The SMILES string of the molecule is O=P([O-])([O-])C(N(CCCCCCN(C(P(=O)(O)O)P(=O)(O)O)C(P(=O)(O)O)P(=O)(O)O)C(P(=O)([O-])[O-])P(=O)(O)O)P(=O)([O-])[O-].[K+].[K+].[K+].[K+].[K+].[K+]. The second kappa shape index (κ2) is 30.3. The van der Waals surface area contributed by atoms with Crippen LogP contribution in [0.25, 0.3) is 0 Å². The molecule has 0 aliphatic heterocycles. The molecule has 0 spiro atoms. The first kappa shape index (κ1) is 75.2. The fraction of sp³-hybridized carbons (Fsp3) is 1.00. The zero-order valence-electron chi connectivity index (χ0n) is 27.2. The van der Waals surface area contributed by atoms with Crippen LogP contribution in [0.2, 0.25) is 0 Å². The van der Waals surface area contributed by atoms with E-state index in [1.807, 2.05) is 0 Å². The predicted octanol–water partition coefficient (Wildman–Crippen LogP) is -24.1. The van der Waals surface area contributed by atoms with Gasteiger partial charge >= 0.3 is 346 Å². The molecule has 266 valence electrons. The monoisotopic (exact) mass is 1040 g/mol. The normalized spacial score (nSPS) is 14.2. The standard InChI is InChI=1S/C10H32N2O24P8.6K/c13-37(14,15)7(38(16,17)18)11(8(39(19,20)21)40(22,23)24)5-3-1-2-4-6-12(9(41(25,26)27)42(28,29)30)10(43(31,32)33)44(34,35)36;;;;;;/h7-10H,1-6H2,(H2,13,14,15)(H2,16,17,18)(H2,19,20,21)(H2,22,23,24)(H2,25,26,27)(H2,28,29,30)(H2,31,32,33)(H2,34,35,36);;;;;;/q;6*+1/p-6. The van der Waals surface area contributed by atoms with Crippen molar-refractivity contribution >= 4 is 60.8 Å². The Morgan fingerprint density at radius 2 is 0.520 bits per heavy atom. The molecule has 50 heavy (non-hydrogen) atoms. The van der Waals surface area contributed by atoms with Gasteiger partial charge in [-0.05, 0) is 35.6 Å². The Morgan fingerprint density at radius 1 is 0.340 bits per heavy atom. The van der Waals surface area contributed by atoms with Gasteiger partial charge in [-0.3, -0.25) is 32.6 Å². The van der Waals surface area contributed by atoms with E-state index in [9.17, 15) is 115 Å². The van der Waals surface area contributed by atoms with Crippen LogP contribution in [0.3, 0.4) is 0 Å². The number of unbranched alkanes of at least 4 members (excludes halogenated alkanes) is 3. The maximum Gasteiger partial charge on any atom is 1.00 e. The third-order valence-corrected chi connectivity index (χ3v) is 19.3. The Hall–Kier alpha value is 10.9. The average Bonchev–Trinajstić information content (AvgIpc) is 2.60. The molecule has 0 aliphatic rings. The molecule has 0 fully saturated rings. The van der Waals surface area contributed by atoms with Gasteiger partial charge in [0.15, 0.2) is 0 Å². The summed E-state index contributed by atoms with van der Waals surface area (Å²) in [5.41, 5.74) is -15.0. The molecule has 1 atom stereocenters. The van der Waals surface area contributed by atoms with Gasteiger partial charge in [-0.15, -0.1) is 0 Å². The summed E-state index contributed by atoms with van der Waals surface area (Å²) in [7, 11) is -51.4. The molecule has 0 aliphatic carbocycles. The van der Waals surface area contributed by atoms with Crippen LogP contribution in [0.15, 0.2) is 0 Å². The van der Waals surface area contributed by atoms with Crippen molar-refractivity contribution in [1.82, 2.24) is 9.80 Å². The molecule has 0 amide bonds. The fourth-order valence-electron chi connectivity index (χ4n) is 3.90. The molecular formula is C10H26K6N2O24P8. The molecule has 0 saturated heterocycles. The molecule has 0 radical (unpaired) electrons. The number of hydrogen-bond acceptors (Lipinski definition) is 16. The first-order valence-electron chi connectivity index (χ1n) is 10.8. The van der Waals surface area contributed by atoms with Crippen molar-refractivity contribution in [2.75, 3.05) is 13.1 Å². The van der Waals surface area contributed by atoms with Crippen LogP contribution in [-0.2, 0) is 36.5 Å². The average molecular weight is 1040 g/mol. The molecule has 1 unspecified atom stereocenters. The van der Waals surface area contributed by atoms with Crippen LogP contribution in [0, 0.1) is 0 Å². The topological polar surface area (TPSA) is 484 Å². The smallest absolute Gasteiger partial charge is 0.809 e. The molecule has 0 bridgehead atoms. The van der Waals surface area contributed by atoms with E-state index in [2.05, 4.69) is 0 Å². The Balaban J connectivity index is -0.000000616. The molecule has 0 aromatic carbocycles. The first-order chi connectivity index (χ1) is 19.0. The minimum absolute atomic E-state index is 0. The van der Waals surface area contributed by atoms with Crippen molar-refractivity contribution in [2.24, 2.45) is 0 Å². The van der Waals surface area contributed by atoms with Gasteiger partial charge in [-0.2, -0.15) is 0 Å². The van der Waals surface area contributed by atoms with Crippen molar-refractivity contribution in [3.8, 4) is 0 Å². The number of hydrogen-bond donors (Lipinski definition) is 10. The summed E-state index contributed by atoms with van der Waals surface area (Å²) in [5.74, 6) is 0. The summed E-state index contributed by atoms with van der Waals surface area (Å²) >= 11 is 0. The maximum atomic E-state index is 11.8. The predicted molar refractivity (Wildman–Crippen MR) is 130 cm³/mol. The van der Waals surface area contributed by atoms with Gasteiger partial charge < -0.3 is 92.0 Å². The van der Waals surface area contributed by atoms with Gasteiger partial charge in [0.1, 0.15) is 5.52 Å². The van der Waals surface area contributed by atoms with Crippen molar-refractivity contribution in [3.63, 3.8) is 0 Å². The maximum absolute atomic E-state index is 11.8. The van der Waals surface area contributed by atoms with Crippen LogP contribution in [0.5, 0.6) is 0 Å². The summed E-state index contributed by atoms with van der Waals surface area (Å²) in [4.78, 5) is 161. The van der Waals surface area contributed by atoms with Gasteiger partial charge in [0.2, 0.25) is 11.0 Å². The molecule has 0 saturated carbocycles. The number of rotatable bonds is 19. The Labute approximate surface area is 539 Å². The molecule has 10 N–H and O–H groups in total. The second-order valence-corrected chi connectivity index (χ2v) is 23.5. The van der Waals surface area contributed by atoms with Crippen molar-refractivity contribution in [1.29, 1.82) is 0 Å². The summed E-state index contributed by atoms with van der Waals surface area (Å²) in [6.45, 7) is -2.87. The Morgan fingerprint density at radius 3 is 0.680 bits per heavy atom. The van der Waals surface area contributed by atoms with Crippen LogP contribution in [0.1, 0.15) is 25.7 Å². The first-order valence-corrected chi connectivity index (χ1v) is 24.0. The van der Waals surface area contributed by atoms with E-state index < -0.39 is 131 Å². The van der Waals surface area contributed by atoms with Gasteiger partial charge in [0.25, 0.3) is 0 Å². The van der Waals surface area contributed by atoms with Crippen LogP contribution >= 0.6 is 60.8 Å². The van der Waals surface area contributed by atoms with Crippen LogP contribution < -0.4 is 338 Å². The third-order valence-electron chi connectivity index (χ3n) is 5.12. The Kier molecular flexibility index (Phi) is 45.6. The van der Waals surface area contributed by atoms with E-state index in [1.54, 1.807) is 0 Å². The van der Waals surface area contributed by atoms with Gasteiger partial charge in [-0.1, -0.05) is 12.8 Å². The summed E-state index contributed by atoms with van der Waals surface area (Å²) in [6, 6.07) is 0. The Bertz CT molecular complexity index is 1110. The van der Waals surface area contributed by atoms with Gasteiger partial charge in [0, 0.05) is 13.1 Å². The van der Waals surface area contributed by atoms with Crippen LogP contribution in [0.4, 0.5) is 0 Å². The zero-order chi connectivity index (χ0) is 35.7. The molecular weight excluding hydrogens is 1010 g/mol. The quantitative estimate of drug-likeness (QED) is 0.0326. The van der Waals surface area contributed by atoms with Crippen molar-refractivity contribution in [3.05, 3.63) is 0 Å².